The summed E-state index contributed by atoms with van der Waals surface area (Å²) < 4.78 is 0. The van der Waals surface area contributed by atoms with Gasteiger partial charge in [0.05, 0.1) is 0 Å². The molecule has 0 unspecified atom stereocenters. The highest BCUT2D eigenvalue weighted by atomic mass is 14.8. The van der Waals surface area contributed by atoms with Gasteiger partial charge in [-0.3, -0.25) is 0 Å². The van der Waals surface area contributed by atoms with Crippen molar-refractivity contribution in [3.8, 4) is 0 Å². The van der Waals surface area contributed by atoms with Gasteiger partial charge in [-0.2, -0.15) is 0 Å². The van der Waals surface area contributed by atoms with E-state index in [0.717, 1.165) is 17.8 Å². The maximum Gasteiger partial charge on any atom is -0.00210 e. The Morgan fingerprint density at radius 3 is 2.29 bits per heavy atom. The molecule has 0 heterocycles. The zero-order chi connectivity index (χ0) is 10.8. The van der Waals surface area contributed by atoms with Crippen molar-refractivity contribution in [2.24, 2.45) is 23.2 Å². The highest BCUT2D eigenvalue weighted by molar-refractivity contribution is 4.84. The lowest BCUT2D eigenvalue weighted by Gasteiger charge is -2.40. The van der Waals surface area contributed by atoms with Crippen LogP contribution >= 0.6 is 0 Å². The summed E-state index contributed by atoms with van der Waals surface area (Å²) in [5.74, 6) is 2.75. The molecule has 0 spiro atoms. The average Bonchev–Trinajstić information content (AvgIpc) is 2.07. The summed E-state index contributed by atoms with van der Waals surface area (Å²) in [6.07, 6.45) is 4.28. The Morgan fingerprint density at radius 2 is 1.86 bits per heavy atom. The molecule has 0 bridgehead atoms. The summed E-state index contributed by atoms with van der Waals surface area (Å²) in [5, 5.41) is 3.32. The van der Waals surface area contributed by atoms with Crippen LogP contribution in [0.15, 0.2) is 0 Å². The smallest absolute Gasteiger partial charge is 0.00210 e. The zero-order valence-electron chi connectivity index (χ0n) is 10.6. The quantitative estimate of drug-likeness (QED) is 0.716. The third kappa shape index (κ3) is 2.98. The highest BCUT2D eigenvalue weighted by Gasteiger charge is 2.33. The Bertz CT molecular complexity index is 169. The van der Waals surface area contributed by atoms with Gasteiger partial charge in [-0.25, -0.2) is 0 Å². The van der Waals surface area contributed by atoms with Gasteiger partial charge in [0.1, 0.15) is 0 Å². The number of nitrogens with one attached hydrogen (secondary N) is 1. The molecule has 1 aliphatic rings. The minimum atomic E-state index is 0.513. The Labute approximate surface area is 89.7 Å². The van der Waals surface area contributed by atoms with Crippen molar-refractivity contribution < 1.29 is 0 Å². The van der Waals surface area contributed by atoms with E-state index in [-0.39, 0.29) is 0 Å². The van der Waals surface area contributed by atoms with E-state index in [1.54, 1.807) is 0 Å². The molecule has 14 heavy (non-hydrogen) atoms. The maximum atomic E-state index is 3.32. The van der Waals surface area contributed by atoms with Crippen LogP contribution in [0.4, 0.5) is 0 Å². The van der Waals surface area contributed by atoms with Crippen LogP contribution in [-0.2, 0) is 0 Å². The van der Waals surface area contributed by atoms with Crippen LogP contribution < -0.4 is 5.32 Å². The summed E-state index contributed by atoms with van der Waals surface area (Å²) in [7, 11) is 2.07. The first-order chi connectivity index (χ1) is 6.45. The third-order valence-corrected chi connectivity index (χ3v) is 4.04. The van der Waals surface area contributed by atoms with Crippen molar-refractivity contribution in [1.29, 1.82) is 0 Å². The molecule has 1 fully saturated rings. The van der Waals surface area contributed by atoms with Crippen molar-refractivity contribution in [2.45, 2.75) is 47.0 Å². The Morgan fingerprint density at radius 1 is 1.21 bits per heavy atom. The first-order valence-electron chi connectivity index (χ1n) is 6.09. The van der Waals surface area contributed by atoms with E-state index >= 15 is 0 Å². The molecular weight excluding hydrogens is 170 g/mol. The van der Waals surface area contributed by atoms with Gasteiger partial charge in [0, 0.05) is 0 Å². The molecule has 1 heteroatoms. The van der Waals surface area contributed by atoms with Gasteiger partial charge in [-0.15, -0.1) is 0 Å². The molecule has 1 nitrogen and oxygen atoms in total. The first-order valence-corrected chi connectivity index (χ1v) is 6.09. The zero-order valence-corrected chi connectivity index (χ0v) is 10.6. The van der Waals surface area contributed by atoms with E-state index in [4.69, 9.17) is 0 Å². The molecule has 84 valence electrons. The van der Waals surface area contributed by atoms with Crippen LogP contribution in [0.1, 0.15) is 47.0 Å². The predicted molar refractivity (Wildman–Crippen MR) is 63.4 cm³/mol. The molecular formula is C13H27N. The predicted octanol–water partition coefficient (Wildman–Crippen LogP) is 3.30. The molecule has 1 saturated carbocycles. The maximum absolute atomic E-state index is 3.32. The fraction of sp³-hybridized carbons (Fsp3) is 1.00. The van der Waals surface area contributed by atoms with Gasteiger partial charge in [0.15, 0.2) is 0 Å². The van der Waals surface area contributed by atoms with E-state index in [2.05, 4.69) is 40.1 Å². The van der Waals surface area contributed by atoms with Crippen LogP contribution in [0.2, 0.25) is 0 Å². The van der Waals surface area contributed by atoms with Crippen LogP contribution in [0, 0.1) is 23.2 Å². The second kappa shape index (κ2) is 4.65. The summed E-state index contributed by atoms with van der Waals surface area (Å²) in [6.45, 7) is 10.8. The Kier molecular flexibility index (Phi) is 4.00. The van der Waals surface area contributed by atoms with E-state index in [0.29, 0.717) is 5.41 Å². The highest BCUT2D eigenvalue weighted by Crippen LogP contribution is 2.42. The number of hydrogen-bond acceptors (Lipinski definition) is 1. The summed E-state index contributed by atoms with van der Waals surface area (Å²) in [5.41, 5.74) is 0.513. The average molecular weight is 197 g/mol. The van der Waals surface area contributed by atoms with Crippen molar-refractivity contribution in [3.05, 3.63) is 0 Å². The molecule has 0 amide bonds. The second-order valence-corrected chi connectivity index (χ2v) is 6.17. The largest absolute Gasteiger partial charge is 0.319 e. The first kappa shape index (κ1) is 12.0. The molecule has 1 N–H and O–H groups in total. The lowest BCUT2D eigenvalue weighted by atomic mass is 9.66. The Balaban J connectivity index is 2.46. The van der Waals surface area contributed by atoms with E-state index in [9.17, 15) is 0 Å². The summed E-state index contributed by atoms with van der Waals surface area (Å²) in [4.78, 5) is 0. The lowest BCUT2D eigenvalue weighted by molar-refractivity contribution is 0.107. The van der Waals surface area contributed by atoms with Crippen LogP contribution in [0.3, 0.4) is 0 Å². The van der Waals surface area contributed by atoms with Crippen molar-refractivity contribution in [3.63, 3.8) is 0 Å². The van der Waals surface area contributed by atoms with Crippen LogP contribution in [0.5, 0.6) is 0 Å². The normalized spacial score (nSPS) is 34.5. The molecule has 1 rings (SSSR count). The van der Waals surface area contributed by atoms with E-state index in [1.165, 1.54) is 25.8 Å². The molecule has 0 aromatic carbocycles. The molecule has 0 saturated heterocycles. The molecule has 0 aliphatic heterocycles. The summed E-state index contributed by atoms with van der Waals surface area (Å²) >= 11 is 0. The van der Waals surface area contributed by atoms with Gasteiger partial charge >= 0.3 is 0 Å². The van der Waals surface area contributed by atoms with Crippen LogP contribution in [-0.4, -0.2) is 13.6 Å². The minimum Gasteiger partial charge on any atom is -0.319 e. The SMILES string of the molecule is CNC[C@@H]1CC[C@H](C(C)(C)C)C[C@@H]1C. The lowest BCUT2D eigenvalue weighted by Crippen LogP contribution is -2.34. The Hall–Kier alpha value is -0.0400. The van der Waals surface area contributed by atoms with Crippen LogP contribution in [0.25, 0.3) is 0 Å². The monoisotopic (exact) mass is 197 g/mol. The molecule has 0 aromatic heterocycles. The fourth-order valence-corrected chi connectivity index (χ4v) is 2.81. The fourth-order valence-electron chi connectivity index (χ4n) is 2.81. The minimum absolute atomic E-state index is 0.513. The van der Waals surface area contributed by atoms with Crippen molar-refractivity contribution in [2.75, 3.05) is 13.6 Å². The van der Waals surface area contributed by atoms with E-state index < -0.39 is 0 Å². The van der Waals surface area contributed by atoms with Crippen molar-refractivity contribution in [1.82, 2.24) is 5.32 Å². The number of rotatable bonds is 2. The topological polar surface area (TPSA) is 12.0 Å². The summed E-state index contributed by atoms with van der Waals surface area (Å²) in [6, 6.07) is 0. The molecule has 0 radical (unpaired) electrons. The van der Waals surface area contributed by atoms with Gasteiger partial charge < -0.3 is 5.32 Å². The standard InChI is InChI=1S/C13H27N/c1-10-8-12(13(2,3)4)7-6-11(10)9-14-5/h10-12,14H,6-9H2,1-5H3/t10-,11-,12-/m0/s1. The van der Waals surface area contributed by atoms with Crippen molar-refractivity contribution >= 4 is 0 Å². The van der Waals surface area contributed by atoms with Gasteiger partial charge in [0.25, 0.3) is 0 Å². The molecule has 1 aliphatic carbocycles. The second-order valence-electron chi connectivity index (χ2n) is 6.17. The van der Waals surface area contributed by atoms with Gasteiger partial charge in [-0.05, 0) is 56.0 Å². The molecule has 3 atom stereocenters. The third-order valence-electron chi connectivity index (χ3n) is 4.04. The van der Waals surface area contributed by atoms with E-state index in [1.807, 2.05) is 0 Å². The molecule has 0 aromatic rings. The number of hydrogen-bond donors (Lipinski definition) is 1. The van der Waals surface area contributed by atoms with Gasteiger partial charge in [-0.1, -0.05) is 27.7 Å². The van der Waals surface area contributed by atoms with Gasteiger partial charge in [0.2, 0.25) is 0 Å².